The third-order valence-electron chi connectivity index (χ3n) is 3.23. The molecule has 0 atom stereocenters. The molecular formula is C14H16FNO3. The van der Waals surface area contributed by atoms with Gasteiger partial charge in [0, 0.05) is 18.5 Å². The number of Topliss-reactive ketones (excluding diaryl/α,β-unsaturated/α-hetero) is 1. The maximum absolute atomic E-state index is 13.5. The highest BCUT2D eigenvalue weighted by Crippen LogP contribution is 2.19. The van der Waals surface area contributed by atoms with Gasteiger partial charge in [-0.25, -0.2) is 4.39 Å². The number of halogens is 1. The van der Waals surface area contributed by atoms with Crippen LogP contribution in [0.5, 0.6) is 5.75 Å². The number of nitrogens with zero attached hydrogens (tertiary/aromatic N) is 1. The Bertz CT molecular complexity index is 501. The van der Waals surface area contributed by atoms with Crippen LogP contribution in [0.3, 0.4) is 0 Å². The summed E-state index contributed by atoms with van der Waals surface area (Å²) in [7, 11) is 1.37. The first kappa shape index (κ1) is 13.5. The molecule has 0 aliphatic carbocycles. The molecule has 102 valence electrons. The second kappa shape index (κ2) is 5.82. The van der Waals surface area contributed by atoms with Gasteiger partial charge in [0.2, 0.25) is 5.91 Å². The zero-order chi connectivity index (χ0) is 13.8. The standard InChI is InChI=1S/C14H16FNO3/c1-19-13-6-5-10(8-11(13)15)12(17)9-16-7-3-2-4-14(16)18/h5-6,8H,2-4,7,9H2,1H3. The van der Waals surface area contributed by atoms with Crippen LogP contribution in [0.1, 0.15) is 29.6 Å². The fraction of sp³-hybridized carbons (Fsp3) is 0.429. The number of benzene rings is 1. The van der Waals surface area contributed by atoms with Crippen LogP contribution < -0.4 is 4.74 Å². The quantitative estimate of drug-likeness (QED) is 0.782. The Kier molecular flexibility index (Phi) is 4.14. The van der Waals surface area contributed by atoms with Crippen LogP contribution in [-0.2, 0) is 4.79 Å². The van der Waals surface area contributed by atoms with Gasteiger partial charge in [-0.2, -0.15) is 0 Å². The lowest BCUT2D eigenvalue weighted by atomic mass is 10.1. The number of carbonyl (C=O) groups is 2. The predicted molar refractivity (Wildman–Crippen MR) is 67.7 cm³/mol. The predicted octanol–water partition coefficient (Wildman–Crippen LogP) is 2.03. The molecule has 0 radical (unpaired) electrons. The van der Waals surface area contributed by atoms with Crippen LogP contribution in [0, 0.1) is 5.82 Å². The van der Waals surface area contributed by atoms with Crippen LogP contribution in [0.4, 0.5) is 4.39 Å². The van der Waals surface area contributed by atoms with E-state index >= 15 is 0 Å². The number of hydrogen-bond donors (Lipinski definition) is 0. The monoisotopic (exact) mass is 265 g/mol. The molecule has 1 saturated heterocycles. The van der Waals surface area contributed by atoms with Gasteiger partial charge in [-0.3, -0.25) is 9.59 Å². The van der Waals surface area contributed by atoms with E-state index in [1.807, 2.05) is 0 Å². The summed E-state index contributed by atoms with van der Waals surface area (Å²) in [4.78, 5) is 25.2. The van der Waals surface area contributed by atoms with Crippen molar-refractivity contribution in [1.82, 2.24) is 4.90 Å². The number of ether oxygens (including phenoxy) is 1. The van der Waals surface area contributed by atoms with Gasteiger partial charge in [0.25, 0.3) is 0 Å². The van der Waals surface area contributed by atoms with Crippen molar-refractivity contribution in [2.24, 2.45) is 0 Å². The number of rotatable bonds is 4. The average molecular weight is 265 g/mol. The molecule has 5 heteroatoms. The molecule has 4 nitrogen and oxygen atoms in total. The molecule has 1 fully saturated rings. The third-order valence-corrected chi connectivity index (χ3v) is 3.23. The first-order valence-electron chi connectivity index (χ1n) is 6.26. The Labute approximate surface area is 111 Å². The van der Waals surface area contributed by atoms with E-state index in [1.165, 1.54) is 24.1 Å². The average Bonchev–Trinajstić information content (AvgIpc) is 2.41. The molecule has 1 aliphatic heterocycles. The summed E-state index contributed by atoms with van der Waals surface area (Å²) < 4.78 is 18.3. The number of methoxy groups -OCH3 is 1. The van der Waals surface area contributed by atoms with E-state index in [-0.39, 0.29) is 29.5 Å². The molecule has 1 aliphatic rings. The van der Waals surface area contributed by atoms with E-state index < -0.39 is 5.82 Å². The maximum atomic E-state index is 13.5. The molecule has 2 rings (SSSR count). The van der Waals surface area contributed by atoms with Crippen molar-refractivity contribution in [3.63, 3.8) is 0 Å². The minimum absolute atomic E-state index is 0.00594. The summed E-state index contributed by atoms with van der Waals surface area (Å²) in [5.74, 6) is -0.727. The molecule has 1 aromatic rings. The Balaban J connectivity index is 2.07. The summed E-state index contributed by atoms with van der Waals surface area (Å²) in [6.07, 6.45) is 2.28. The summed E-state index contributed by atoms with van der Waals surface area (Å²) in [6.45, 7) is 0.619. The lowest BCUT2D eigenvalue weighted by molar-refractivity contribution is -0.132. The fourth-order valence-corrected chi connectivity index (χ4v) is 2.13. The van der Waals surface area contributed by atoms with Crippen LogP contribution in [0.25, 0.3) is 0 Å². The zero-order valence-corrected chi connectivity index (χ0v) is 10.8. The molecule has 0 bridgehead atoms. The van der Waals surface area contributed by atoms with Crippen LogP contribution in [-0.4, -0.2) is 36.8 Å². The van der Waals surface area contributed by atoms with E-state index in [0.29, 0.717) is 13.0 Å². The minimum atomic E-state index is -0.571. The minimum Gasteiger partial charge on any atom is -0.494 e. The Morgan fingerprint density at radius 1 is 1.42 bits per heavy atom. The van der Waals surface area contributed by atoms with Crippen LogP contribution >= 0.6 is 0 Å². The van der Waals surface area contributed by atoms with Crippen molar-refractivity contribution in [3.05, 3.63) is 29.6 Å². The van der Waals surface area contributed by atoms with Gasteiger partial charge in [0.1, 0.15) is 0 Å². The number of hydrogen-bond acceptors (Lipinski definition) is 3. The normalized spacial score (nSPS) is 15.5. The molecule has 1 aromatic carbocycles. The smallest absolute Gasteiger partial charge is 0.222 e. The largest absolute Gasteiger partial charge is 0.494 e. The van der Waals surface area contributed by atoms with E-state index in [2.05, 4.69) is 0 Å². The second-order valence-electron chi connectivity index (χ2n) is 4.54. The first-order chi connectivity index (χ1) is 9.11. The number of likely N-dealkylation sites (tertiary alicyclic amines) is 1. The highest BCUT2D eigenvalue weighted by molar-refractivity contribution is 5.99. The first-order valence-corrected chi connectivity index (χ1v) is 6.26. The number of piperidine rings is 1. The fourth-order valence-electron chi connectivity index (χ4n) is 2.13. The van der Waals surface area contributed by atoms with Crippen LogP contribution in [0.2, 0.25) is 0 Å². The van der Waals surface area contributed by atoms with E-state index in [0.717, 1.165) is 18.9 Å². The molecule has 1 amide bonds. The Morgan fingerprint density at radius 3 is 2.84 bits per heavy atom. The second-order valence-corrected chi connectivity index (χ2v) is 4.54. The molecule has 1 heterocycles. The lowest BCUT2D eigenvalue weighted by Crippen LogP contribution is -2.39. The molecule has 0 spiro atoms. The number of amides is 1. The van der Waals surface area contributed by atoms with Crippen molar-refractivity contribution in [3.8, 4) is 5.75 Å². The van der Waals surface area contributed by atoms with E-state index in [9.17, 15) is 14.0 Å². The Hall–Kier alpha value is -1.91. The van der Waals surface area contributed by atoms with Crippen molar-refractivity contribution in [2.45, 2.75) is 19.3 Å². The third kappa shape index (κ3) is 3.10. The van der Waals surface area contributed by atoms with E-state index in [4.69, 9.17) is 4.74 Å². The van der Waals surface area contributed by atoms with Gasteiger partial charge in [-0.05, 0) is 31.0 Å². The summed E-state index contributed by atoms with van der Waals surface area (Å²) in [6, 6.07) is 4.08. The van der Waals surface area contributed by atoms with Gasteiger partial charge in [0.15, 0.2) is 17.3 Å². The van der Waals surface area contributed by atoms with E-state index in [1.54, 1.807) is 0 Å². The SMILES string of the molecule is COc1ccc(C(=O)CN2CCCCC2=O)cc1F. The van der Waals surface area contributed by atoms with Gasteiger partial charge in [-0.1, -0.05) is 0 Å². The van der Waals surface area contributed by atoms with Crippen LogP contribution in [0.15, 0.2) is 18.2 Å². The van der Waals surface area contributed by atoms with Crippen molar-refractivity contribution >= 4 is 11.7 Å². The number of ketones is 1. The van der Waals surface area contributed by atoms with Gasteiger partial charge < -0.3 is 9.64 Å². The number of carbonyl (C=O) groups excluding carboxylic acids is 2. The zero-order valence-electron chi connectivity index (χ0n) is 10.8. The topological polar surface area (TPSA) is 46.6 Å². The molecule has 0 aromatic heterocycles. The van der Waals surface area contributed by atoms with Gasteiger partial charge >= 0.3 is 0 Å². The van der Waals surface area contributed by atoms with Crippen molar-refractivity contribution in [2.75, 3.05) is 20.2 Å². The van der Waals surface area contributed by atoms with Gasteiger partial charge in [0.05, 0.1) is 13.7 Å². The van der Waals surface area contributed by atoms with Gasteiger partial charge in [-0.15, -0.1) is 0 Å². The molecule has 0 saturated carbocycles. The Morgan fingerprint density at radius 2 is 2.21 bits per heavy atom. The lowest BCUT2D eigenvalue weighted by Gasteiger charge is -2.25. The summed E-state index contributed by atoms with van der Waals surface area (Å²) in [5, 5.41) is 0. The highest BCUT2D eigenvalue weighted by atomic mass is 19.1. The maximum Gasteiger partial charge on any atom is 0.222 e. The summed E-state index contributed by atoms with van der Waals surface area (Å²) >= 11 is 0. The molecule has 0 N–H and O–H groups in total. The highest BCUT2D eigenvalue weighted by Gasteiger charge is 2.21. The van der Waals surface area contributed by atoms with Crippen molar-refractivity contribution < 1.29 is 18.7 Å². The summed E-state index contributed by atoms with van der Waals surface area (Å²) in [5.41, 5.74) is 0.261. The van der Waals surface area contributed by atoms with Crippen molar-refractivity contribution in [1.29, 1.82) is 0 Å². The molecular weight excluding hydrogens is 249 g/mol. The molecule has 0 unspecified atom stereocenters. The molecule has 19 heavy (non-hydrogen) atoms.